The number of aryl methyl sites for hydroxylation is 1. The molecule has 0 atom stereocenters. The molecule has 1 N–H and O–H groups in total. The number of nitrogens with zero attached hydrogens (tertiary/aromatic N) is 1. The monoisotopic (exact) mass is 457 g/mol. The molecule has 3 rings (SSSR count). The van der Waals surface area contributed by atoms with Gasteiger partial charge in [-0.3, -0.25) is 9.69 Å². The minimum absolute atomic E-state index is 0.0853. The molecule has 178 valence electrons. The van der Waals surface area contributed by atoms with Gasteiger partial charge in [0.2, 0.25) is 5.78 Å². The van der Waals surface area contributed by atoms with Crippen molar-refractivity contribution in [2.75, 3.05) is 54.7 Å². The van der Waals surface area contributed by atoms with Crippen molar-refractivity contribution < 1.29 is 33.6 Å². The molecule has 0 saturated heterocycles. The van der Waals surface area contributed by atoms with Crippen molar-refractivity contribution in [1.29, 1.82) is 0 Å². The zero-order valence-electron chi connectivity index (χ0n) is 19.8. The van der Waals surface area contributed by atoms with E-state index in [0.29, 0.717) is 72.4 Å². The van der Waals surface area contributed by atoms with Crippen molar-refractivity contribution in [2.24, 2.45) is 0 Å². The molecule has 2 aromatic carbocycles. The third-order valence-corrected chi connectivity index (χ3v) is 5.55. The van der Waals surface area contributed by atoms with Crippen LogP contribution in [0.15, 0.2) is 30.0 Å². The maximum absolute atomic E-state index is 13.2. The highest BCUT2D eigenvalue weighted by atomic mass is 16.5. The maximum atomic E-state index is 13.2. The SMILES string of the molecule is COCCN(CCOC)Cc1c(O)cc(C)c2c1O/C(=C/c1ccc(OC)cc1OC)C2=O. The molecule has 0 aliphatic carbocycles. The number of benzene rings is 2. The van der Waals surface area contributed by atoms with E-state index in [4.69, 9.17) is 23.7 Å². The average molecular weight is 458 g/mol. The number of allylic oxidation sites excluding steroid dienone is 1. The molecule has 1 aliphatic rings. The summed E-state index contributed by atoms with van der Waals surface area (Å²) in [7, 11) is 6.41. The highest BCUT2D eigenvalue weighted by Crippen LogP contribution is 2.42. The molecule has 8 nitrogen and oxygen atoms in total. The molecule has 8 heteroatoms. The number of Topliss-reactive ketones (excluding diaryl/α,β-unsaturated/α-hetero) is 1. The van der Waals surface area contributed by atoms with E-state index in [1.165, 1.54) is 0 Å². The lowest BCUT2D eigenvalue weighted by Crippen LogP contribution is -2.30. The first-order chi connectivity index (χ1) is 15.9. The second kappa shape index (κ2) is 11.2. The van der Waals surface area contributed by atoms with Crippen LogP contribution in [0.5, 0.6) is 23.0 Å². The second-order valence-electron chi connectivity index (χ2n) is 7.70. The van der Waals surface area contributed by atoms with E-state index >= 15 is 0 Å². The summed E-state index contributed by atoms with van der Waals surface area (Å²) >= 11 is 0. The molecular formula is C25H31NO7. The van der Waals surface area contributed by atoms with Gasteiger partial charge in [0.25, 0.3) is 0 Å². The Morgan fingerprint density at radius 3 is 2.33 bits per heavy atom. The molecule has 0 radical (unpaired) electrons. The van der Waals surface area contributed by atoms with Crippen LogP contribution in [-0.4, -0.2) is 70.5 Å². The first-order valence-corrected chi connectivity index (χ1v) is 10.6. The lowest BCUT2D eigenvalue weighted by molar-refractivity contribution is 0.101. The van der Waals surface area contributed by atoms with Crippen LogP contribution < -0.4 is 14.2 Å². The molecule has 0 fully saturated rings. The normalized spacial score (nSPS) is 14.0. The Bertz CT molecular complexity index is 1020. The number of ketones is 1. The Morgan fingerprint density at radius 2 is 1.73 bits per heavy atom. The maximum Gasteiger partial charge on any atom is 0.232 e. The Kier molecular flexibility index (Phi) is 8.32. The molecule has 0 spiro atoms. The number of aromatic hydroxyl groups is 1. The van der Waals surface area contributed by atoms with Crippen LogP contribution >= 0.6 is 0 Å². The molecular weight excluding hydrogens is 426 g/mol. The van der Waals surface area contributed by atoms with E-state index in [-0.39, 0.29) is 17.3 Å². The van der Waals surface area contributed by atoms with Crippen molar-refractivity contribution in [3.63, 3.8) is 0 Å². The average Bonchev–Trinajstić information content (AvgIpc) is 3.14. The second-order valence-corrected chi connectivity index (χ2v) is 7.70. The fourth-order valence-electron chi connectivity index (χ4n) is 3.75. The minimum atomic E-state index is -0.234. The molecule has 0 amide bonds. The van der Waals surface area contributed by atoms with Crippen molar-refractivity contribution in [2.45, 2.75) is 13.5 Å². The molecule has 1 heterocycles. The summed E-state index contributed by atoms with van der Waals surface area (Å²) in [5, 5.41) is 10.7. The molecule has 2 aromatic rings. The topological polar surface area (TPSA) is 86.7 Å². The van der Waals surface area contributed by atoms with Gasteiger partial charge in [-0.05, 0) is 36.8 Å². The van der Waals surface area contributed by atoms with Crippen molar-refractivity contribution >= 4 is 11.9 Å². The zero-order valence-corrected chi connectivity index (χ0v) is 19.8. The van der Waals surface area contributed by atoms with Crippen molar-refractivity contribution in [1.82, 2.24) is 4.90 Å². The fourth-order valence-corrected chi connectivity index (χ4v) is 3.75. The minimum Gasteiger partial charge on any atom is -0.507 e. The zero-order chi connectivity index (χ0) is 24.0. The van der Waals surface area contributed by atoms with E-state index < -0.39 is 0 Å². The van der Waals surface area contributed by atoms with Crippen LogP contribution in [-0.2, 0) is 16.0 Å². The number of methoxy groups -OCH3 is 4. The predicted molar refractivity (Wildman–Crippen MR) is 124 cm³/mol. The van der Waals surface area contributed by atoms with Gasteiger partial charge >= 0.3 is 0 Å². The van der Waals surface area contributed by atoms with E-state index in [9.17, 15) is 9.90 Å². The van der Waals surface area contributed by atoms with Crippen LogP contribution in [0.2, 0.25) is 0 Å². The van der Waals surface area contributed by atoms with E-state index in [2.05, 4.69) is 4.90 Å². The summed E-state index contributed by atoms with van der Waals surface area (Å²) in [5.41, 5.74) is 2.35. The lowest BCUT2D eigenvalue weighted by Gasteiger charge is -2.23. The van der Waals surface area contributed by atoms with E-state index in [1.807, 2.05) is 0 Å². The Labute approximate surface area is 194 Å². The third-order valence-electron chi connectivity index (χ3n) is 5.55. The Hall–Kier alpha value is -3.07. The van der Waals surface area contributed by atoms with Crippen LogP contribution in [0.1, 0.15) is 27.0 Å². The van der Waals surface area contributed by atoms with E-state index in [0.717, 1.165) is 0 Å². The number of carbonyl (C=O) groups is 1. The number of phenols is 1. The number of hydrogen-bond acceptors (Lipinski definition) is 8. The number of rotatable bonds is 11. The first kappa shape index (κ1) is 24.6. The molecule has 0 aromatic heterocycles. The summed E-state index contributed by atoms with van der Waals surface area (Å²) in [5.74, 6) is 1.61. The van der Waals surface area contributed by atoms with Gasteiger partial charge in [-0.2, -0.15) is 0 Å². The third kappa shape index (κ3) is 5.47. The summed E-state index contributed by atoms with van der Waals surface area (Å²) in [6.45, 7) is 4.51. The van der Waals surface area contributed by atoms with Crippen LogP contribution in [0, 0.1) is 6.92 Å². The van der Waals surface area contributed by atoms with Gasteiger partial charge in [-0.25, -0.2) is 0 Å². The fraction of sp³-hybridized carbons (Fsp3) is 0.400. The molecule has 0 saturated carbocycles. The largest absolute Gasteiger partial charge is 0.507 e. The van der Waals surface area contributed by atoms with Crippen LogP contribution in [0.25, 0.3) is 6.08 Å². The number of ether oxygens (including phenoxy) is 5. The van der Waals surface area contributed by atoms with Gasteiger partial charge in [-0.1, -0.05) is 0 Å². The molecule has 33 heavy (non-hydrogen) atoms. The lowest BCUT2D eigenvalue weighted by atomic mass is 9.99. The highest BCUT2D eigenvalue weighted by molar-refractivity contribution is 6.16. The Morgan fingerprint density at radius 1 is 1.03 bits per heavy atom. The van der Waals surface area contributed by atoms with Crippen molar-refractivity contribution in [3.05, 3.63) is 52.3 Å². The first-order valence-electron chi connectivity index (χ1n) is 10.6. The van der Waals surface area contributed by atoms with Gasteiger partial charge in [0.15, 0.2) is 5.76 Å². The molecule has 0 bridgehead atoms. The van der Waals surface area contributed by atoms with E-state index in [1.54, 1.807) is 65.7 Å². The summed E-state index contributed by atoms with van der Waals surface area (Å²) in [4.78, 5) is 15.3. The van der Waals surface area contributed by atoms with Crippen LogP contribution in [0.3, 0.4) is 0 Å². The number of fused-ring (bicyclic) bond motifs is 1. The van der Waals surface area contributed by atoms with Gasteiger partial charge in [0, 0.05) is 45.5 Å². The molecule has 1 aliphatic heterocycles. The Balaban J connectivity index is 1.97. The highest BCUT2D eigenvalue weighted by Gasteiger charge is 2.34. The standard InChI is InChI=1S/C25H31NO7/c1-16-12-20(27)19(15-26(8-10-29-2)9-11-30-3)25-23(16)24(28)22(33-25)13-17-6-7-18(31-4)14-21(17)32-5/h6-7,12-14,27H,8-11,15H2,1-5H3/b22-13+. The number of phenolic OH excluding ortho intramolecular Hbond substituents is 1. The predicted octanol–water partition coefficient (Wildman–Crippen LogP) is 3.43. The number of carbonyl (C=O) groups excluding carboxylic acids is 1. The van der Waals surface area contributed by atoms with Gasteiger partial charge < -0.3 is 28.8 Å². The quantitative estimate of drug-likeness (QED) is 0.514. The number of hydrogen-bond donors (Lipinski definition) is 1. The van der Waals surface area contributed by atoms with Crippen molar-refractivity contribution in [3.8, 4) is 23.0 Å². The van der Waals surface area contributed by atoms with Crippen LogP contribution in [0.4, 0.5) is 0 Å². The summed E-state index contributed by atoms with van der Waals surface area (Å²) < 4.78 is 27.2. The molecule has 0 unspecified atom stereocenters. The smallest absolute Gasteiger partial charge is 0.232 e. The van der Waals surface area contributed by atoms with Gasteiger partial charge in [-0.15, -0.1) is 0 Å². The van der Waals surface area contributed by atoms with Gasteiger partial charge in [0.1, 0.15) is 23.0 Å². The summed E-state index contributed by atoms with van der Waals surface area (Å²) in [6, 6.07) is 6.93. The summed E-state index contributed by atoms with van der Waals surface area (Å²) in [6.07, 6.45) is 1.65. The van der Waals surface area contributed by atoms with Gasteiger partial charge in [0.05, 0.1) is 38.6 Å².